The fourth-order valence-electron chi connectivity index (χ4n) is 2.68. The highest BCUT2D eigenvalue weighted by molar-refractivity contribution is 7.89. The largest absolute Gasteiger partial charge is 0.487 e. The molecule has 0 radical (unpaired) electrons. The zero-order chi connectivity index (χ0) is 18.0. The Kier molecular flexibility index (Phi) is 5.21. The molecule has 2 heterocycles. The Morgan fingerprint density at radius 2 is 1.96 bits per heavy atom. The molecular formula is C16H15ClF2N2O3S. The molecule has 9 heteroatoms. The molecule has 1 atom stereocenters. The van der Waals surface area contributed by atoms with Crippen molar-refractivity contribution >= 4 is 21.6 Å². The van der Waals surface area contributed by atoms with E-state index in [1.165, 1.54) is 16.7 Å². The molecule has 0 spiro atoms. The average molecular weight is 389 g/mol. The molecule has 0 bridgehead atoms. The van der Waals surface area contributed by atoms with Gasteiger partial charge in [-0.15, -0.1) is 0 Å². The molecule has 1 saturated heterocycles. The number of pyridine rings is 1. The fraction of sp³-hybridized carbons (Fsp3) is 0.312. The molecule has 25 heavy (non-hydrogen) atoms. The number of hydrogen-bond acceptors (Lipinski definition) is 4. The number of benzene rings is 1. The van der Waals surface area contributed by atoms with E-state index in [0.29, 0.717) is 29.7 Å². The van der Waals surface area contributed by atoms with Crippen LogP contribution in [0.25, 0.3) is 0 Å². The lowest BCUT2D eigenvalue weighted by Crippen LogP contribution is -2.44. The van der Waals surface area contributed by atoms with Gasteiger partial charge in [0, 0.05) is 31.1 Å². The summed E-state index contributed by atoms with van der Waals surface area (Å²) in [5, 5.41) is 0.328. The number of sulfonamides is 1. The minimum absolute atomic E-state index is 0.0686. The van der Waals surface area contributed by atoms with Crippen molar-refractivity contribution in [3.05, 3.63) is 53.3 Å². The van der Waals surface area contributed by atoms with E-state index >= 15 is 0 Å². The van der Waals surface area contributed by atoms with Crippen molar-refractivity contribution < 1.29 is 21.9 Å². The number of ether oxygens (including phenoxy) is 1. The maximum atomic E-state index is 13.4. The monoisotopic (exact) mass is 388 g/mol. The summed E-state index contributed by atoms with van der Waals surface area (Å²) < 4.78 is 59.0. The van der Waals surface area contributed by atoms with Crippen molar-refractivity contribution in [3.8, 4) is 5.75 Å². The van der Waals surface area contributed by atoms with Gasteiger partial charge in [0.1, 0.15) is 28.5 Å². The van der Waals surface area contributed by atoms with Crippen LogP contribution in [-0.2, 0) is 10.0 Å². The topological polar surface area (TPSA) is 59.5 Å². The van der Waals surface area contributed by atoms with Crippen molar-refractivity contribution in [3.63, 3.8) is 0 Å². The Hall–Kier alpha value is -1.77. The highest BCUT2D eigenvalue weighted by Crippen LogP contribution is 2.28. The number of piperidine rings is 1. The number of rotatable bonds is 4. The van der Waals surface area contributed by atoms with Crippen LogP contribution in [0.4, 0.5) is 8.78 Å². The second-order valence-electron chi connectivity index (χ2n) is 5.66. The Morgan fingerprint density at radius 1 is 1.24 bits per heavy atom. The molecule has 0 amide bonds. The maximum absolute atomic E-state index is 13.4. The van der Waals surface area contributed by atoms with Gasteiger partial charge in [0.15, 0.2) is 0 Å². The van der Waals surface area contributed by atoms with Gasteiger partial charge in [0.05, 0.1) is 11.4 Å². The van der Waals surface area contributed by atoms with Crippen molar-refractivity contribution in [1.82, 2.24) is 9.29 Å². The molecule has 1 unspecified atom stereocenters. The first-order valence-corrected chi connectivity index (χ1v) is 9.40. The van der Waals surface area contributed by atoms with E-state index in [0.717, 1.165) is 12.1 Å². The van der Waals surface area contributed by atoms with Gasteiger partial charge in [-0.25, -0.2) is 17.2 Å². The molecule has 0 aliphatic carbocycles. The smallest absolute Gasteiger partial charge is 0.243 e. The molecule has 134 valence electrons. The van der Waals surface area contributed by atoms with Crippen molar-refractivity contribution in [2.24, 2.45) is 0 Å². The number of halogens is 3. The molecule has 2 aromatic rings. The van der Waals surface area contributed by atoms with Crippen LogP contribution in [0.1, 0.15) is 12.8 Å². The lowest BCUT2D eigenvalue weighted by Gasteiger charge is -2.32. The second-order valence-corrected chi connectivity index (χ2v) is 8.00. The first-order chi connectivity index (χ1) is 11.9. The Labute approximate surface area is 149 Å². The van der Waals surface area contributed by atoms with Gasteiger partial charge in [-0.2, -0.15) is 4.31 Å². The Bertz CT molecular complexity index is 859. The normalized spacial score (nSPS) is 18.9. The second kappa shape index (κ2) is 7.23. The predicted molar refractivity (Wildman–Crippen MR) is 88.0 cm³/mol. The van der Waals surface area contributed by atoms with Crippen LogP contribution in [0.15, 0.2) is 41.6 Å². The van der Waals surface area contributed by atoms with Crippen LogP contribution >= 0.6 is 11.6 Å². The van der Waals surface area contributed by atoms with E-state index in [1.807, 2.05) is 0 Å². The van der Waals surface area contributed by atoms with Gasteiger partial charge in [-0.05, 0) is 25.0 Å². The molecule has 1 fully saturated rings. The van der Waals surface area contributed by atoms with E-state index in [-0.39, 0.29) is 13.1 Å². The number of hydrogen-bond donors (Lipinski definition) is 0. The standard InChI is InChI=1S/C16H15ClF2N2O3S/c17-15-9-20-4-3-16(15)24-13-2-1-5-21(10-13)25(22,23)14-7-11(18)6-12(19)8-14/h3-4,6-9,13H,1-2,5,10H2. The van der Waals surface area contributed by atoms with Gasteiger partial charge in [0.2, 0.25) is 10.0 Å². The molecule has 1 aliphatic heterocycles. The summed E-state index contributed by atoms with van der Waals surface area (Å²) in [5.74, 6) is -1.46. The zero-order valence-electron chi connectivity index (χ0n) is 13.0. The van der Waals surface area contributed by atoms with E-state index in [2.05, 4.69) is 4.98 Å². The first-order valence-electron chi connectivity index (χ1n) is 7.58. The maximum Gasteiger partial charge on any atom is 0.243 e. The molecular weight excluding hydrogens is 374 g/mol. The zero-order valence-corrected chi connectivity index (χ0v) is 14.6. The van der Waals surface area contributed by atoms with Crippen LogP contribution in [0.5, 0.6) is 5.75 Å². The van der Waals surface area contributed by atoms with Crippen molar-refractivity contribution in [2.75, 3.05) is 13.1 Å². The molecule has 0 N–H and O–H groups in total. The van der Waals surface area contributed by atoms with Crippen molar-refractivity contribution in [1.29, 1.82) is 0 Å². The van der Waals surface area contributed by atoms with Crippen LogP contribution < -0.4 is 4.74 Å². The first kappa shape index (κ1) is 18.0. The Morgan fingerprint density at radius 3 is 2.64 bits per heavy atom. The molecule has 1 aromatic carbocycles. The number of aromatic nitrogens is 1. The third-order valence-electron chi connectivity index (χ3n) is 3.84. The van der Waals surface area contributed by atoms with E-state index in [1.54, 1.807) is 6.07 Å². The highest BCUT2D eigenvalue weighted by atomic mass is 35.5. The summed E-state index contributed by atoms with van der Waals surface area (Å²) in [6, 6.07) is 3.84. The molecule has 3 rings (SSSR count). The van der Waals surface area contributed by atoms with Gasteiger partial charge in [-0.1, -0.05) is 11.6 Å². The molecule has 5 nitrogen and oxygen atoms in total. The number of nitrogens with zero attached hydrogens (tertiary/aromatic N) is 2. The fourth-order valence-corrected chi connectivity index (χ4v) is 4.40. The van der Waals surface area contributed by atoms with Gasteiger partial charge in [-0.3, -0.25) is 4.98 Å². The summed E-state index contributed by atoms with van der Waals surface area (Å²) in [7, 11) is -4.01. The summed E-state index contributed by atoms with van der Waals surface area (Å²) in [6.45, 7) is 0.323. The van der Waals surface area contributed by atoms with Gasteiger partial charge >= 0.3 is 0 Å². The van der Waals surface area contributed by atoms with Crippen LogP contribution in [0.3, 0.4) is 0 Å². The SMILES string of the molecule is O=S(=O)(c1cc(F)cc(F)c1)N1CCCC(Oc2ccncc2Cl)C1. The minimum atomic E-state index is -4.01. The van der Waals surface area contributed by atoms with E-state index in [9.17, 15) is 17.2 Å². The quantitative estimate of drug-likeness (QED) is 0.806. The summed E-state index contributed by atoms with van der Waals surface area (Å²) >= 11 is 6.00. The summed E-state index contributed by atoms with van der Waals surface area (Å²) in [4.78, 5) is 3.45. The van der Waals surface area contributed by atoms with Gasteiger partial charge < -0.3 is 4.74 Å². The van der Waals surface area contributed by atoms with Crippen molar-refractivity contribution in [2.45, 2.75) is 23.8 Å². The predicted octanol–water partition coefficient (Wildman–Crippen LogP) is 3.25. The Balaban J connectivity index is 1.79. The third kappa shape index (κ3) is 4.08. The summed E-state index contributed by atoms with van der Waals surface area (Å²) in [6.07, 6.45) is 3.74. The molecule has 1 aromatic heterocycles. The molecule has 1 aliphatic rings. The van der Waals surface area contributed by atoms with Crippen LogP contribution in [0, 0.1) is 11.6 Å². The molecule has 0 saturated carbocycles. The van der Waals surface area contributed by atoms with E-state index < -0.39 is 32.7 Å². The van der Waals surface area contributed by atoms with Crippen LogP contribution in [0.2, 0.25) is 5.02 Å². The third-order valence-corrected chi connectivity index (χ3v) is 5.97. The van der Waals surface area contributed by atoms with Crippen LogP contribution in [-0.4, -0.2) is 36.9 Å². The van der Waals surface area contributed by atoms with E-state index in [4.69, 9.17) is 16.3 Å². The average Bonchev–Trinajstić information content (AvgIpc) is 2.56. The lowest BCUT2D eigenvalue weighted by atomic mass is 10.1. The van der Waals surface area contributed by atoms with Gasteiger partial charge in [0.25, 0.3) is 0 Å². The lowest BCUT2D eigenvalue weighted by molar-refractivity contribution is 0.130. The minimum Gasteiger partial charge on any atom is -0.487 e. The highest BCUT2D eigenvalue weighted by Gasteiger charge is 2.32. The summed E-state index contributed by atoms with van der Waals surface area (Å²) in [5.41, 5.74) is 0.